The quantitative estimate of drug-likeness (QED) is 0.0909. The highest BCUT2D eigenvalue weighted by atomic mass is 16.6. The molecule has 206 valence electrons. The number of carbonyl (C=O) groups is 4. The maximum absolute atomic E-state index is 14.1. The summed E-state index contributed by atoms with van der Waals surface area (Å²) in [6.07, 6.45) is 1.73. The normalized spacial score (nSPS) is 19.4. The molecular formula is C23H32N8O7. The Balaban J connectivity index is 2.01. The number of rotatable bonds is 11. The molecule has 0 radical (unpaired) electrons. The number of benzene rings is 1. The summed E-state index contributed by atoms with van der Waals surface area (Å²) in [7, 11) is 1.28. The van der Waals surface area contributed by atoms with Crippen molar-refractivity contribution in [2.45, 2.75) is 56.7 Å². The number of methoxy groups -OCH3 is 1. The summed E-state index contributed by atoms with van der Waals surface area (Å²) in [5, 5.41) is 13.9. The summed E-state index contributed by atoms with van der Waals surface area (Å²) in [5.41, 5.74) is 16.3. The van der Waals surface area contributed by atoms with Crippen LogP contribution < -0.4 is 32.2 Å². The van der Waals surface area contributed by atoms with Crippen molar-refractivity contribution >= 4 is 41.0 Å². The fourth-order valence-electron chi connectivity index (χ4n) is 4.76. The average molecular weight is 533 g/mol. The molecule has 3 atom stereocenters. The van der Waals surface area contributed by atoms with Gasteiger partial charge in [-0.3, -0.25) is 39.2 Å². The number of nitrogens with one attached hydrogen (secondary N) is 1. The molecule has 38 heavy (non-hydrogen) atoms. The summed E-state index contributed by atoms with van der Waals surface area (Å²) in [4.78, 5) is 68.8. The minimum Gasteiger partial charge on any atom is -0.494 e. The third kappa shape index (κ3) is 6.27. The molecule has 1 aromatic carbocycles. The van der Waals surface area contributed by atoms with Crippen molar-refractivity contribution in [3.63, 3.8) is 0 Å². The van der Waals surface area contributed by atoms with Crippen LogP contribution in [0.2, 0.25) is 0 Å². The van der Waals surface area contributed by atoms with E-state index < -0.39 is 34.9 Å². The molecule has 0 spiro atoms. The van der Waals surface area contributed by atoms with Crippen LogP contribution in [0.1, 0.15) is 38.5 Å². The molecule has 0 saturated carbocycles. The molecule has 2 aliphatic rings. The van der Waals surface area contributed by atoms with E-state index in [0.29, 0.717) is 25.8 Å². The van der Waals surface area contributed by atoms with Crippen molar-refractivity contribution in [3.05, 3.63) is 28.3 Å². The zero-order chi connectivity index (χ0) is 28.0. The first-order chi connectivity index (χ1) is 18.0. The molecule has 2 aliphatic heterocycles. The number of nitrogens with two attached hydrogens (primary N) is 3. The van der Waals surface area contributed by atoms with E-state index in [-0.39, 0.29) is 60.7 Å². The summed E-state index contributed by atoms with van der Waals surface area (Å²) in [6.45, 7) is 0.458. The average Bonchev–Trinajstić information content (AvgIpc) is 3.54. The number of ether oxygens (including phenoxy) is 1. The van der Waals surface area contributed by atoms with Gasteiger partial charge in [0.15, 0.2) is 5.96 Å². The number of amides is 4. The van der Waals surface area contributed by atoms with E-state index in [2.05, 4.69) is 10.3 Å². The van der Waals surface area contributed by atoms with Crippen LogP contribution in [-0.4, -0.2) is 77.7 Å². The van der Waals surface area contributed by atoms with Crippen LogP contribution in [0.25, 0.3) is 0 Å². The van der Waals surface area contributed by atoms with Crippen LogP contribution in [0.3, 0.4) is 0 Å². The molecule has 2 fully saturated rings. The van der Waals surface area contributed by atoms with Gasteiger partial charge in [0.2, 0.25) is 17.7 Å². The predicted octanol–water partition coefficient (Wildman–Crippen LogP) is -0.886. The van der Waals surface area contributed by atoms with Gasteiger partial charge in [0, 0.05) is 25.6 Å². The van der Waals surface area contributed by atoms with E-state index in [1.807, 2.05) is 0 Å². The molecule has 0 aromatic heterocycles. The van der Waals surface area contributed by atoms with Crippen molar-refractivity contribution < 1.29 is 28.8 Å². The number of nitrogens with zero attached hydrogens (tertiary/aromatic N) is 4. The summed E-state index contributed by atoms with van der Waals surface area (Å²) < 4.78 is 5.35. The first kappa shape index (κ1) is 28.1. The van der Waals surface area contributed by atoms with E-state index in [4.69, 9.17) is 21.9 Å². The summed E-state index contributed by atoms with van der Waals surface area (Å²) in [6, 6.07) is 0.749. The smallest absolute Gasteiger partial charge is 0.273 e. The third-order valence-electron chi connectivity index (χ3n) is 6.56. The van der Waals surface area contributed by atoms with Crippen LogP contribution in [0, 0.1) is 10.1 Å². The third-order valence-corrected chi connectivity index (χ3v) is 6.56. The lowest BCUT2D eigenvalue weighted by atomic mass is 10.0. The topological polar surface area (TPSA) is 230 Å². The molecule has 3 rings (SSSR count). The van der Waals surface area contributed by atoms with Crippen molar-refractivity contribution in [2.24, 2.45) is 22.2 Å². The lowest BCUT2D eigenvalue weighted by Crippen LogP contribution is -2.57. The molecule has 0 bridgehead atoms. The Morgan fingerprint density at radius 3 is 2.61 bits per heavy atom. The molecule has 1 aromatic rings. The largest absolute Gasteiger partial charge is 0.494 e. The molecule has 2 saturated heterocycles. The van der Waals surface area contributed by atoms with E-state index in [1.54, 1.807) is 0 Å². The Labute approximate surface area is 218 Å². The van der Waals surface area contributed by atoms with Gasteiger partial charge < -0.3 is 32.2 Å². The zero-order valence-electron chi connectivity index (χ0n) is 21.0. The van der Waals surface area contributed by atoms with Gasteiger partial charge in [-0.15, -0.1) is 0 Å². The maximum atomic E-state index is 14.1. The first-order valence-corrected chi connectivity index (χ1v) is 12.1. The Morgan fingerprint density at radius 1 is 1.29 bits per heavy atom. The van der Waals surface area contributed by atoms with Crippen molar-refractivity contribution in [3.8, 4) is 5.75 Å². The molecular weight excluding hydrogens is 500 g/mol. The fourth-order valence-corrected chi connectivity index (χ4v) is 4.76. The van der Waals surface area contributed by atoms with E-state index in [9.17, 15) is 29.3 Å². The number of nitro benzene ring substituents is 1. The van der Waals surface area contributed by atoms with Gasteiger partial charge in [-0.05, 0) is 38.2 Å². The lowest BCUT2D eigenvalue weighted by Gasteiger charge is -2.35. The second-order valence-corrected chi connectivity index (χ2v) is 9.04. The number of hydrogen-bond acceptors (Lipinski definition) is 8. The monoisotopic (exact) mass is 532 g/mol. The van der Waals surface area contributed by atoms with Gasteiger partial charge in [0.25, 0.3) is 11.6 Å². The number of anilines is 1. The molecule has 15 nitrogen and oxygen atoms in total. The molecule has 0 aliphatic carbocycles. The van der Waals surface area contributed by atoms with Gasteiger partial charge in [0.1, 0.15) is 23.9 Å². The number of non-ortho nitro benzene ring substituents is 1. The van der Waals surface area contributed by atoms with Gasteiger partial charge >= 0.3 is 0 Å². The van der Waals surface area contributed by atoms with E-state index in [0.717, 1.165) is 11.0 Å². The highest BCUT2D eigenvalue weighted by Crippen LogP contribution is 2.36. The molecule has 4 amide bonds. The standard InChI is InChI=1S/C23H32N8O7/c1-38-18-12-13(31(36)37)6-8-15(18)30(16(20(24)33)4-2-10-27-23(25)26)22(35)17-5-3-11-29(17)21(34)14-7-9-19(32)28-14/h6,8,12,14,16-17H,2-5,7,9-11H2,1H3,(H2,24,33)(H,28,32)(H4,25,26,27)/t14-,16-,17-/m0/s1. The summed E-state index contributed by atoms with van der Waals surface area (Å²) >= 11 is 0. The van der Waals surface area contributed by atoms with Crippen LogP contribution in [0.15, 0.2) is 23.2 Å². The molecule has 2 heterocycles. The predicted molar refractivity (Wildman–Crippen MR) is 136 cm³/mol. The number of hydrogen-bond donors (Lipinski definition) is 4. The Kier molecular flexibility index (Phi) is 9.04. The minimum atomic E-state index is -1.20. The number of aliphatic imine (C=N–C) groups is 1. The minimum absolute atomic E-state index is 0.0260. The summed E-state index contributed by atoms with van der Waals surface area (Å²) in [5.74, 6) is -2.21. The van der Waals surface area contributed by atoms with Gasteiger partial charge in [-0.1, -0.05) is 0 Å². The van der Waals surface area contributed by atoms with Gasteiger partial charge in [-0.2, -0.15) is 0 Å². The number of nitro groups is 1. The number of guanidine groups is 1. The second kappa shape index (κ2) is 12.2. The second-order valence-electron chi connectivity index (χ2n) is 9.04. The van der Waals surface area contributed by atoms with Crippen LogP contribution in [0.5, 0.6) is 5.75 Å². The van der Waals surface area contributed by atoms with Crippen molar-refractivity contribution in [1.29, 1.82) is 0 Å². The highest BCUT2D eigenvalue weighted by Gasteiger charge is 2.43. The zero-order valence-corrected chi connectivity index (χ0v) is 21.0. The maximum Gasteiger partial charge on any atom is 0.273 e. The van der Waals surface area contributed by atoms with Crippen LogP contribution in [-0.2, 0) is 19.2 Å². The molecule has 7 N–H and O–H groups in total. The van der Waals surface area contributed by atoms with E-state index in [1.165, 1.54) is 24.1 Å². The van der Waals surface area contributed by atoms with Crippen molar-refractivity contribution in [1.82, 2.24) is 10.2 Å². The van der Waals surface area contributed by atoms with Crippen LogP contribution in [0.4, 0.5) is 11.4 Å². The fraction of sp³-hybridized carbons (Fsp3) is 0.522. The Hall–Kier alpha value is -4.43. The number of primary amides is 1. The number of carbonyl (C=O) groups excluding carboxylic acids is 4. The SMILES string of the molecule is COc1cc([N+](=O)[O-])ccc1N(C(=O)[C@@H]1CCCN1C(=O)[C@@H]1CCC(=O)N1)[C@@H](CCCN=C(N)N)C(N)=O. The van der Waals surface area contributed by atoms with Crippen molar-refractivity contribution in [2.75, 3.05) is 25.1 Å². The van der Waals surface area contributed by atoms with Crippen LogP contribution >= 0.6 is 0 Å². The Morgan fingerprint density at radius 2 is 2.03 bits per heavy atom. The van der Waals surface area contributed by atoms with E-state index >= 15 is 0 Å². The first-order valence-electron chi connectivity index (χ1n) is 12.1. The van der Waals surface area contributed by atoms with Gasteiger partial charge in [-0.25, -0.2) is 0 Å². The molecule has 0 unspecified atom stereocenters. The van der Waals surface area contributed by atoms with Gasteiger partial charge in [0.05, 0.1) is 23.8 Å². The Bertz CT molecular complexity index is 1140. The lowest BCUT2D eigenvalue weighted by molar-refractivity contribution is -0.384. The molecule has 15 heteroatoms. The highest BCUT2D eigenvalue weighted by molar-refractivity contribution is 6.06. The number of likely N-dealkylation sites (tertiary alicyclic amines) is 1.